The molecule has 0 spiro atoms. The summed E-state index contributed by atoms with van der Waals surface area (Å²) in [5.74, 6) is -0.809. The summed E-state index contributed by atoms with van der Waals surface area (Å²) < 4.78 is 4.83. The number of benzene rings is 1. The van der Waals surface area contributed by atoms with Gasteiger partial charge < -0.3 is 9.84 Å². The van der Waals surface area contributed by atoms with Gasteiger partial charge in [-0.05, 0) is 6.07 Å². The normalized spacial score (nSPS) is 30.1. The number of esters is 1. The Morgan fingerprint density at radius 2 is 2.05 bits per heavy atom. The molecule has 0 radical (unpaired) electrons. The largest absolute Gasteiger partial charge is 0.467 e. The molecule has 0 bridgehead atoms. The first kappa shape index (κ1) is 13.1. The topological polar surface area (TPSA) is 66.8 Å². The highest BCUT2D eigenvalue weighted by molar-refractivity contribution is 6.02. The van der Waals surface area contributed by atoms with Crippen LogP contribution in [-0.2, 0) is 15.3 Å². The summed E-state index contributed by atoms with van der Waals surface area (Å²) in [5, 5.41) is 11.0. The number of fused-ring (bicyclic) bond motifs is 3. The Labute approximate surface area is 117 Å². The van der Waals surface area contributed by atoms with Gasteiger partial charge in [-0.1, -0.05) is 32.0 Å². The van der Waals surface area contributed by atoms with E-state index in [9.17, 15) is 14.7 Å². The van der Waals surface area contributed by atoms with Gasteiger partial charge >= 0.3 is 5.97 Å². The molecule has 1 N–H and O–H groups in total. The second-order valence-electron chi connectivity index (χ2n) is 6.13. The minimum Gasteiger partial charge on any atom is -0.467 e. The Hall–Kier alpha value is -1.88. The van der Waals surface area contributed by atoms with Crippen molar-refractivity contribution < 1.29 is 19.4 Å². The van der Waals surface area contributed by atoms with Crippen molar-refractivity contribution >= 4 is 11.9 Å². The molecule has 2 aliphatic rings. The van der Waals surface area contributed by atoms with E-state index in [1.807, 2.05) is 13.8 Å². The molecule has 1 saturated heterocycles. The number of aliphatic hydroxyl groups is 1. The molecule has 5 heteroatoms. The fourth-order valence-electron chi connectivity index (χ4n) is 3.58. The molecule has 2 aliphatic heterocycles. The predicted molar refractivity (Wildman–Crippen MR) is 70.7 cm³/mol. The van der Waals surface area contributed by atoms with Crippen LogP contribution in [0.1, 0.15) is 36.2 Å². The lowest BCUT2D eigenvalue weighted by Crippen LogP contribution is -2.49. The summed E-state index contributed by atoms with van der Waals surface area (Å²) in [6, 6.07) is 6.17. The highest BCUT2D eigenvalue weighted by Gasteiger charge is 2.64. The zero-order valence-corrected chi connectivity index (χ0v) is 11.7. The summed E-state index contributed by atoms with van der Waals surface area (Å²) >= 11 is 0. The van der Waals surface area contributed by atoms with Crippen molar-refractivity contribution in [3.05, 3.63) is 35.4 Å². The molecular weight excluding hydrogens is 258 g/mol. The summed E-state index contributed by atoms with van der Waals surface area (Å²) in [5.41, 5.74) is -0.940. The summed E-state index contributed by atoms with van der Waals surface area (Å²) in [7, 11) is 1.30. The van der Waals surface area contributed by atoms with Gasteiger partial charge in [0.2, 0.25) is 0 Å². The number of nitrogens with zero attached hydrogens (tertiary/aromatic N) is 1. The van der Waals surface area contributed by atoms with Crippen molar-refractivity contribution in [2.24, 2.45) is 5.41 Å². The van der Waals surface area contributed by atoms with Gasteiger partial charge in [0.25, 0.3) is 5.91 Å². The third kappa shape index (κ3) is 1.41. The second-order valence-corrected chi connectivity index (χ2v) is 6.13. The van der Waals surface area contributed by atoms with Gasteiger partial charge in [0.1, 0.15) is 6.04 Å². The van der Waals surface area contributed by atoms with Crippen molar-refractivity contribution in [3.8, 4) is 0 Å². The Bertz CT molecular complexity index is 610. The monoisotopic (exact) mass is 275 g/mol. The van der Waals surface area contributed by atoms with Crippen LogP contribution in [0.4, 0.5) is 0 Å². The van der Waals surface area contributed by atoms with Crippen molar-refractivity contribution in [3.63, 3.8) is 0 Å². The second kappa shape index (κ2) is 3.82. The van der Waals surface area contributed by atoms with Crippen LogP contribution >= 0.6 is 0 Å². The van der Waals surface area contributed by atoms with E-state index in [1.165, 1.54) is 12.0 Å². The Kier molecular flexibility index (Phi) is 2.51. The third-order valence-electron chi connectivity index (χ3n) is 4.33. The van der Waals surface area contributed by atoms with Crippen LogP contribution in [0.25, 0.3) is 0 Å². The van der Waals surface area contributed by atoms with E-state index in [4.69, 9.17) is 4.74 Å². The minimum absolute atomic E-state index is 0.308. The molecule has 2 atom stereocenters. The number of hydrogen-bond acceptors (Lipinski definition) is 4. The van der Waals surface area contributed by atoms with Crippen LogP contribution in [-0.4, -0.2) is 35.0 Å². The minimum atomic E-state index is -1.42. The van der Waals surface area contributed by atoms with E-state index in [0.29, 0.717) is 17.5 Å². The van der Waals surface area contributed by atoms with E-state index < -0.39 is 23.2 Å². The highest BCUT2D eigenvalue weighted by Crippen LogP contribution is 2.54. The third-order valence-corrected chi connectivity index (χ3v) is 4.33. The molecule has 1 fully saturated rings. The van der Waals surface area contributed by atoms with Crippen LogP contribution in [0, 0.1) is 5.41 Å². The Morgan fingerprint density at radius 1 is 1.40 bits per heavy atom. The number of rotatable bonds is 1. The Morgan fingerprint density at radius 3 is 2.70 bits per heavy atom. The first-order valence-corrected chi connectivity index (χ1v) is 6.56. The van der Waals surface area contributed by atoms with Gasteiger partial charge in [-0.15, -0.1) is 0 Å². The molecule has 0 saturated carbocycles. The van der Waals surface area contributed by atoms with E-state index in [1.54, 1.807) is 24.3 Å². The average Bonchev–Trinajstić information content (AvgIpc) is 2.75. The Balaban J connectivity index is 2.19. The smallest absolute Gasteiger partial charge is 0.329 e. The lowest BCUT2D eigenvalue weighted by Gasteiger charge is -2.30. The van der Waals surface area contributed by atoms with Gasteiger partial charge in [-0.25, -0.2) is 4.79 Å². The molecule has 2 heterocycles. The fourth-order valence-corrected chi connectivity index (χ4v) is 3.58. The van der Waals surface area contributed by atoms with E-state index in [-0.39, 0.29) is 5.91 Å². The van der Waals surface area contributed by atoms with Gasteiger partial charge in [-0.3, -0.25) is 9.69 Å². The predicted octanol–water partition coefficient (Wildman–Crippen LogP) is 1.26. The highest BCUT2D eigenvalue weighted by atomic mass is 16.5. The lowest BCUT2D eigenvalue weighted by atomic mass is 9.81. The van der Waals surface area contributed by atoms with Crippen molar-refractivity contribution in [1.82, 2.24) is 4.90 Å². The maximum atomic E-state index is 12.6. The van der Waals surface area contributed by atoms with Crippen LogP contribution in [0.15, 0.2) is 24.3 Å². The van der Waals surface area contributed by atoms with Gasteiger partial charge in [0.05, 0.1) is 7.11 Å². The maximum Gasteiger partial charge on any atom is 0.329 e. The maximum absolute atomic E-state index is 12.6. The summed E-state index contributed by atoms with van der Waals surface area (Å²) in [6.45, 7) is 3.72. The molecule has 0 aromatic heterocycles. The quantitative estimate of drug-likeness (QED) is 0.784. The van der Waals surface area contributed by atoms with Gasteiger partial charge in [0, 0.05) is 23.0 Å². The number of carbonyl (C=O) groups excluding carboxylic acids is 2. The standard InChI is InChI=1S/C15H17NO4/c1-14(2)8-15(19)10-7-5-4-6-9(10)12(17)16(15)11(14)13(18)20-3/h4-7,11,19H,8H2,1-3H3/t11-,15-/m1/s1. The van der Waals surface area contributed by atoms with Crippen LogP contribution < -0.4 is 0 Å². The molecule has 1 aromatic carbocycles. The first-order chi connectivity index (χ1) is 9.33. The molecule has 1 aromatic rings. The fraction of sp³-hybridized carbons (Fsp3) is 0.467. The van der Waals surface area contributed by atoms with E-state index in [2.05, 4.69) is 0 Å². The molecule has 5 nitrogen and oxygen atoms in total. The van der Waals surface area contributed by atoms with Gasteiger partial charge in [-0.2, -0.15) is 0 Å². The average molecular weight is 275 g/mol. The number of methoxy groups -OCH3 is 1. The molecular formula is C15H17NO4. The van der Waals surface area contributed by atoms with Gasteiger partial charge in [0.15, 0.2) is 5.72 Å². The first-order valence-electron chi connectivity index (χ1n) is 6.56. The number of amides is 1. The SMILES string of the molecule is COC(=O)[C@H]1N2C(=O)c3ccccc3[C@]2(O)CC1(C)C. The molecule has 20 heavy (non-hydrogen) atoms. The van der Waals surface area contributed by atoms with Crippen molar-refractivity contribution in [2.75, 3.05) is 7.11 Å². The molecule has 0 unspecified atom stereocenters. The van der Waals surface area contributed by atoms with E-state index in [0.717, 1.165) is 0 Å². The summed E-state index contributed by atoms with van der Waals surface area (Å²) in [4.78, 5) is 25.9. The number of ether oxygens (including phenoxy) is 1. The van der Waals surface area contributed by atoms with Crippen LogP contribution in [0.2, 0.25) is 0 Å². The van der Waals surface area contributed by atoms with E-state index >= 15 is 0 Å². The molecule has 0 aliphatic carbocycles. The molecule has 1 amide bonds. The molecule has 106 valence electrons. The van der Waals surface area contributed by atoms with Crippen molar-refractivity contribution in [1.29, 1.82) is 0 Å². The molecule has 3 rings (SSSR count). The zero-order valence-electron chi connectivity index (χ0n) is 11.7. The lowest BCUT2D eigenvalue weighted by molar-refractivity contribution is -0.152. The zero-order chi connectivity index (χ0) is 14.7. The van der Waals surface area contributed by atoms with Crippen LogP contribution in [0.5, 0.6) is 0 Å². The number of hydrogen-bond donors (Lipinski definition) is 1. The number of carbonyl (C=O) groups is 2. The summed E-state index contributed by atoms with van der Waals surface area (Å²) in [6.07, 6.45) is 0.308. The van der Waals surface area contributed by atoms with Crippen LogP contribution in [0.3, 0.4) is 0 Å². The van der Waals surface area contributed by atoms with Crippen molar-refractivity contribution in [2.45, 2.75) is 32.0 Å².